The van der Waals surface area contributed by atoms with E-state index in [1.165, 1.54) is 11.3 Å². The van der Waals surface area contributed by atoms with Gasteiger partial charge in [-0.25, -0.2) is 4.98 Å². The zero-order chi connectivity index (χ0) is 22.8. The highest BCUT2D eigenvalue weighted by Gasteiger charge is 2.24. The molecule has 33 heavy (non-hydrogen) atoms. The van der Waals surface area contributed by atoms with Crippen molar-refractivity contribution in [1.29, 1.82) is 0 Å². The lowest BCUT2D eigenvalue weighted by Crippen LogP contribution is -2.30. The van der Waals surface area contributed by atoms with Crippen molar-refractivity contribution in [3.63, 3.8) is 0 Å². The second-order valence-corrected chi connectivity index (χ2v) is 8.72. The fourth-order valence-corrected chi connectivity index (χ4v) is 4.85. The van der Waals surface area contributed by atoms with Crippen molar-refractivity contribution < 1.29 is 13.9 Å². The van der Waals surface area contributed by atoms with E-state index in [2.05, 4.69) is 0 Å². The molecular formula is C26H19ClN2O3S. The third-order valence-electron chi connectivity index (χ3n) is 5.28. The van der Waals surface area contributed by atoms with Gasteiger partial charge in [0.1, 0.15) is 17.0 Å². The van der Waals surface area contributed by atoms with E-state index in [1.54, 1.807) is 36.5 Å². The van der Waals surface area contributed by atoms with Crippen molar-refractivity contribution in [1.82, 2.24) is 4.98 Å². The molecule has 5 aromatic rings. The summed E-state index contributed by atoms with van der Waals surface area (Å²) in [6.45, 7) is 0.242. The summed E-state index contributed by atoms with van der Waals surface area (Å²) >= 11 is 7.76. The Morgan fingerprint density at radius 2 is 1.76 bits per heavy atom. The first-order chi connectivity index (χ1) is 16.1. The lowest BCUT2D eigenvalue weighted by atomic mass is 10.0. The molecular weight excluding hydrogens is 456 g/mol. The van der Waals surface area contributed by atoms with Gasteiger partial charge in [0.15, 0.2) is 5.13 Å². The number of hydrogen-bond donors (Lipinski definition) is 0. The summed E-state index contributed by atoms with van der Waals surface area (Å²) in [7, 11) is 1.59. The summed E-state index contributed by atoms with van der Waals surface area (Å²) in [5, 5.41) is 1.08. The molecule has 0 spiro atoms. The molecule has 5 nitrogen and oxygen atoms in total. The van der Waals surface area contributed by atoms with Gasteiger partial charge in [-0.3, -0.25) is 9.69 Å². The van der Waals surface area contributed by atoms with E-state index in [9.17, 15) is 4.79 Å². The Hall–Kier alpha value is -3.61. The van der Waals surface area contributed by atoms with E-state index in [0.717, 1.165) is 15.8 Å². The number of furan rings is 1. The molecule has 2 heterocycles. The number of hydrogen-bond acceptors (Lipinski definition) is 5. The standard InChI is InChI=1S/C26H19ClN2O3S/c1-31-22-14-13-21(27)24-23(22)28-26(33-24)29(16-20-8-5-15-32-20)25(30)19-11-9-18(10-12-19)17-6-3-2-4-7-17/h2-15H,16H2,1H3. The van der Waals surface area contributed by atoms with Gasteiger partial charge in [-0.15, -0.1) is 0 Å². The van der Waals surface area contributed by atoms with E-state index in [1.807, 2.05) is 60.7 Å². The number of halogens is 1. The molecule has 0 saturated heterocycles. The summed E-state index contributed by atoms with van der Waals surface area (Å²) in [4.78, 5) is 19.9. The van der Waals surface area contributed by atoms with E-state index >= 15 is 0 Å². The molecule has 0 saturated carbocycles. The van der Waals surface area contributed by atoms with Crippen molar-refractivity contribution in [3.8, 4) is 16.9 Å². The SMILES string of the molecule is COc1ccc(Cl)c2sc(N(Cc3ccco3)C(=O)c3ccc(-c4ccccc4)cc3)nc12. The lowest BCUT2D eigenvalue weighted by molar-refractivity contribution is 0.0983. The maximum Gasteiger partial charge on any atom is 0.260 e. The van der Waals surface area contributed by atoms with E-state index in [0.29, 0.717) is 32.7 Å². The zero-order valence-corrected chi connectivity index (χ0v) is 19.3. The highest BCUT2D eigenvalue weighted by molar-refractivity contribution is 7.23. The molecule has 3 aromatic carbocycles. The van der Waals surface area contributed by atoms with Crippen LogP contribution in [-0.4, -0.2) is 18.0 Å². The molecule has 0 aliphatic heterocycles. The van der Waals surface area contributed by atoms with Crippen LogP contribution < -0.4 is 9.64 Å². The third-order valence-corrected chi connectivity index (χ3v) is 6.81. The van der Waals surface area contributed by atoms with E-state index in [4.69, 9.17) is 25.7 Å². The van der Waals surface area contributed by atoms with Crippen LogP contribution >= 0.6 is 22.9 Å². The Balaban J connectivity index is 1.54. The van der Waals surface area contributed by atoms with Gasteiger partial charge < -0.3 is 9.15 Å². The highest BCUT2D eigenvalue weighted by atomic mass is 35.5. The second kappa shape index (κ2) is 9.10. The number of carbonyl (C=O) groups is 1. The van der Waals surface area contributed by atoms with Crippen LogP contribution in [0.25, 0.3) is 21.3 Å². The molecule has 0 aliphatic rings. The summed E-state index contributed by atoms with van der Waals surface area (Å²) in [5.41, 5.74) is 3.32. The van der Waals surface area contributed by atoms with Crippen molar-refractivity contribution in [2.45, 2.75) is 6.54 Å². The van der Waals surface area contributed by atoms with Gasteiger partial charge >= 0.3 is 0 Å². The Bertz CT molecular complexity index is 1400. The summed E-state index contributed by atoms with van der Waals surface area (Å²) in [6, 6.07) is 24.8. The van der Waals surface area contributed by atoms with Gasteiger partial charge in [-0.2, -0.15) is 0 Å². The molecule has 0 N–H and O–H groups in total. The number of ether oxygens (including phenoxy) is 1. The predicted molar refractivity (Wildman–Crippen MR) is 132 cm³/mol. The van der Waals surface area contributed by atoms with Gasteiger partial charge in [0.2, 0.25) is 0 Å². The van der Waals surface area contributed by atoms with Crippen LogP contribution in [0.3, 0.4) is 0 Å². The molecule has 0 bridgehead atoms. The number of benzene rings is 3. The summed E-state index contributed by atoms with van der Waals surface area (Å²) < 4.78 is 11.7. The van der Waals surface area contributed by atoms with Crippen LogP contribution in [0.1, 0.15) is 16.1 Å². The van der Waals surface area contributed by atoms with Crippen LogP contribution in [0, 0.1) is 0 Å². The maximum absolute atomic E-state index is 13.6. The van der Waals surface area contributed by atoms with Crippen LogP contribution in [0.2, 0.25) is 5.02 Å². The van der Waals surface area contributed by atoms with Crippen LogP contribution in [0.4, 0.5) is 5.13 Å². The molecule has 5 rings (SSSR count). The average Bonchev–Trinajstić information content (AvgIpc) is 3.54. The minimum atomic E-state index is -0.180. The molecule has 164 valence electrons. The fourth-order valence-electron chi connectivity index (χ4n) is 3.60. The molecule has 0 aliphatic carbocycles. The average molecular weight is 475 g/mol. The molecule has 0 radical (unpaired) electrons. The van der Waals surface area contributed by atoms with Gasteiger partial charge in [0.25, 0.3) is 5.91 Å². The lowest BCUT2D eigenvalue weighted by Gasteiger charge is -2.19. The second-order valence-electron chi connectivity index (χ2n) is 7.34. The molecule has 2 aromatic heterocycles. The Morgan fingerprint density at radius 3 is 2.45 bits per heavy atom. The summed E-state index contributed by atoms with van der Waals surface area (Å²) in [6.07, 6.45) is 1.59. The number of carbonyl (C=O) groups excluding carboxylic acids is 1. The van der Waals surface area contributed by atoms with Crippen molar-refractivity contribution in [3.05, 3.63) is 101 Å². The zero-order valence-electron chi connectivity index (χ0n) is 17.7. The van der Waals surface area contributed by atoms with Gasteiger partial charge in [0, 0.05) is 5.56 Å². The number of thiazole rings is 1. The number of amides is 1. The number of rotatable bonds is 6. The minimum Gasteiger partial charge on any atom is -0.494 e. The first-order valence-corrected chi connectivity index (χ1v) is 11.5. The fraction of sp³-hybridized carbons (Fsp3) is 0.0769. The molecule has 0 fully saturated rings. The maximum atomic E-state index is 13.6. The smallest absolute Gasteiger partial charge is 0.260 e. The van der Waals surface area contributed by atoms with Crippen molar-refractivity contribution >= 4 is 44.2 Å². The van der Waals surface area contributed by atoms with Crippen molar-refractivity contribution in [2.75, 3.05) is 12.0 Å². The number of anilines is 1. The monoisotopic (exact) mass is 474 g/mol. The third kappa shape index (κ3) is 4.23. The van der Waals surface area contributed by atoms with E-state index < -0.39 is 0 Å². The molecule has 1 amide bonds. The molecule has 0 atom stereocenters. The number of fused-ring (bicyclic) bond motifs is 1. The first kappa shape index (κ1) is 21.2. The quantitative estimate of drug-likeness (QED) is 0.264. The van der Waals surface area contributed by atoms with Crippen molar-refractivity contribution in [2.24, 2.45) is 0 Å². The summed E-state index contributed by atoms with van der Waals surface area (Å²) in [5.74, 6) is 1.08. The Kier molecular flexibility index (Phi) is 5.86. The number of nitrogens with zero attached hydrogens (tertiary/aromatic N) is 2. The number of aromatic nitrogens is 1. The minimum absolute atomic E-state index is 0.180. The van der Waals surface area contributed by atoms with Gasteiger partial charge in [0.05, 0.1) is 29.6 Å². The molecule has 7 heteroatoms. The normalized spacial score (nSPS) is 11.0. The predicted octanol–water partition coefficient (Wildman–Crippen LogP) is 7.07. The molecule has 0 unspecified atom stereocenters. The van der Waals surface area contributed by atoms with Crippen LogP contribution in [0.5, 0.6) is 5.75 Å². The van der Waals surface area contributed by atoms with Crippen LogP contribution in [0.15, 0.2) is 89.5 Å². The Labute approximate surface area is 199 Å². The highest BCUT2D eigenvalue weighted by Crippen LogP contribution is 2.39. The topological polar surface area (TPSA) is 55.6 Å². The first-order valence-electron chi connectivity index (χ1n) is 10.3. The number of methoxy groups -OCH3 is 1. The van der Waals surface area contributed by atoms with Gasteiger partial charge in [-0.05, 0) is 47.5 Å². The van der Waals surface area contributed by atoms with E-state index in [-0.39, 0.29) is 12.5 Å². The van der Waals surface area contributed by atoms with Crippen LogP contribution in [-0.2, 0) is 6.54 Å². The largest absolute Gasteiger partial charge is 0.494 e. The van der Waals surface area contributed by atoms with Gasteiger partial charge in [-0.1, -0.05) is 65.4 Å². The Morgan fingerprint density at radius 1 is 1.00 bits per heavy atom.